The lowest BCUT2D eigenvalue weighted by molar-refractivity contribution is -0.0758. The Hall–Kier alpha value is -0.860. The Balaban J connectivity index is 2.36. The highest BCUT2D eigenvalue weighted by molar-refractivity contribution is 5.34. The van der Waals surface area contributed by atoms with E-state index in [0.717, 1.165) is 25.3 Å². The molecule has 1 aromatic carbocycles. The van der Waals surface area contributed by atoms with Crippen molar-refractivity contribution in [2.45, 2.75) is 65.0 Å². The summed E-state index contributed by atoms with van der Waals surface area (Å²) in [6, 6.07) is 7.09. The summed E-state index contributed by atoms with van der Waals surface area (Å²) in [4.78, 5) is 0. The van der Waals surface area contributed by atoms with Crippen LogP contribution in [0.4, 0.5) is 0 Å². The minimum Gasteiger partial charge on any atom is -0.376 e. The Morgan fingerprint density at radius 1 is 1.29 bits per heavy atom. The van der Waals surface area contributed by atoms with Gasteiger partial charge in [0.15, 0.2) is 0 Å². The maximum Gasteiger partial charge on any atom is 0.0872 e. The Morgan fingerprint density at radius 3 is 2.48 bits per heavy atom. The van der Waals surface area contributed by atoms with Gasteiger partial charge in [-0.1, -0.05) is 37.6 Å². The van der Waals surface area contributed by atoms with Crippen LogP contribution < -0.4 is 5.32 Å². The normalized spacial score (nSPS) is 27.6. The van der Waals surface area contributed by atoms with Gasteiger partial charge in [0.1, 0.15) is 0 Å². The van der Waals surface area contributed by atoms with Crippen molar-refractivity contribution >= 4 is 0 Å². The van der Waals surface area contributed by atoms with E-state index in [4.69, 9.17) is 4.74 Å². The predicted molar refractivity (Wildman–Crippen MR) is 89.7 cm³/mol. The van der Waals surface area contributed by atoms with Crippen molar-refractivity contribution in [3.63, 3.8) is 0 Å². The SMILES string of the molecule is CCNC(c1ccc(C)cc1C)C1(OC)CCC(C)CC1. The number of likely N-dealkylation sites (N-methyl/N-ethyl adjacent to an activating group) is 1. The second-order valence-electron chi connectivity index (χ2n) is 6.80. The van der Waals surface area contributed by atoms with Crippen LogP contribution in [-0.4, -0.2) is 19.3 Å². The molecular weight excluding hydrogens is 258 g/mol. The molecule has 2 nitrogen and oxygen atoms in total. The van der Waals surface area contributed by atoms with Crippen LogP contribution in [0.3, 0.4) is 0 Å². The van der Waals surface area contributed by atoms with Crippen LogP contribution in [-0.2, 0) is 4.74 Å². The molecule has 1 unspecified atom stereocenters. The van der Waals surface area contributed by atoms with E-state index in [-0.39, 0.29) is 5.60 Å². The van der Waals surface area contributed by atoms with Crippen molar-refractivity contribution in [3.8, 4) is 0 Å². The molecule has 2 heteroatoms. The van der Waals surface area contributed by atoms with Gasteiger partial charge in [-0.3, -0.25) is 0 Å². The maximum absolute atomic E-state index is 6.12. The molecular formula is C19H31NO. The van der Waals surface area contributed by atoms with Gasteiger partial charge in [-0.2, -0.15) is 0 Å². The molecule has 0 amide bonds. The van der Waals surface area contributed by atoms with Crippen molar-refractivity contribution in [3.05, 3.63) is 34.9 Å². The third kappa shape index (κ3) is 3.49. The van der Waals surface area contributed by atoms with Gasteiger partial charge in [-0.25, -0.2) is 0 Å². The number of ether oxygens (including phenoxy) is 1. The average molecular weight is 289 g/mol. The van der Waals surface area contributed by atoms with Gasteiger partial charge in [0, 0.05) is 7.11 Å². The molecule has 1 aromatic rings. The van der Waals surface area contributed by atoms with E-state index in [9.17, 15) is 0 Å². The fourth-order valence-electron chi connectivity index (χ4n) is 3.79. The van der Waals surface area contributed by atoms with Crippen molar-refractivity contribution in [2.75, 3.05) is 13.7 Å². The largest absolute Gasteiger partial charge is 0.376 e. The fourth-order valence-corrected chi connectivity index (χ4v) is 3.79. The number of hydrogen-bond donors (Lipinski definition) is 1. The minimum absolute atomic E-state index is 0.0530. The Labute approximate surface area is 130 Å². The molecule has 0 heterocycles. The van der Waals surface area contributed by atoms with Crippen molar-refractivity contribution in [1.29, 1.82) is 0 Å². The molecule has 0 radical (unpaired) electrons. The predicted octanol–water partition coefficient (Wildman–Crippen LogP) is 4.55. The highest BCUT2D eigenvalue weighted by Crippen LogP contribution is 2.43. The zero-order chi connectivity index (χ0) is 15.5. The monoisotopic (exact) mass is 289 g/mol. The summed E-state index contributed by atoms with van der Waals surface area (Å²) >= 11 is 0. The van der Waals surface area contributed by atoms with E-state index in [1.54, 1.807) is 0 Å². The molecule has 1 saturated carbocycles. The maximum atomic E-state index is 6.12. The van der Waals surface area contributed by atoms with E-state index in [1.165, 1.54) is 29.5 Å². The molecule has 118 valence electrons. The molecule has 0 saturated heterocycles. The first-order chi connectivity index (χ1) is 10.0. The van der Waals surface area contributed by atoms with E-state index in [0.29, 0.717) is 6.04 Å². The van der Waals surface area contributed by atoms with Crippen LogP contribution in [0.5, 0.6) is 0 Å². The lowest BCUT2D eigenvalue weighted by atomic mass is 9.72. The molecule has 0 spiro atoms. The summed E-state index contributed by atoms with van der Waals surface area (Å²) in [6.07, 6.45) is 4.83. The highest BCUT2D eigenvalue weighted by atomic mass is 16.5. The molecule has 0 aromatic heterocycles. The third-order valence-corrected chi connectivity index (χ3v) is 5.20. The molecule has 1 aliphatic rings. The number of aryl methyl sites for hydroxylation is 2. The summed E-state index contributed by atoms with van der Waals surface area (Å²) in [6.45, 7) is 9.90. The summed E-state index contributed by atoms with van der Waals surface area (Å²) in [5.74, 6) is 0.828. The minimum atomic E-state index is -0.0530. The first kappa shape index (κ1) is 16.5. The van der Waals surface area contributed by atoms with Crippen molar-refractivity contribution < 1.29 is 4.74 Å². The number of benzene rings is 1. The van der Waals surface area contributed by atoms with Gasteiger partial charge in [0.05, 0.1) is 11.6 Å². The van der Waals surface area contributed by atoms with E-state index in [2.05, 4.69) is 51.2 Å². The summed E-state index contributed by atoms with van der Waals surface area (Å²) in [5.41, 5.74) is 4.05. The Bertz CT molecular complexity index is 461. The van der Waals surface area contributed by atoms with Crippen LogP contribution in [0.25, 0.3) is 0 Å². The first-order valence-electron chi connectivity index (χ1n) is 8.38. The highest BCUT2D eigenvalue weighted by Gasteiger charge is 2.42. The van der Waals surface area contributed by atoms with Crippen LogP contribution in [0.2, 0.25) is 0 Å². The molecule has 1 aliphatic carbocycles. The summed E-state index contributed by atoms with van der Waals surface area (Å²) in [7, 11) is 1.89. The molecule has 0 bridgehead atoms. The molecule has 0 aliphatic heterocycles. The number of rotatable bonds is 5. The van der Waals surface area contributed by atoms with Gasteiger partial charge in [-0.15, -0.1) is 0 Å². The first-order valence-corrected chi connectivity index (χ1v) is 8.38. The Kier molecular flexibility index (Phi) is 5.45. The lowest BCUT2D eigenvalue weighted by Crippen LogP contribution is -2.48. The number of hydrogen-bond acceptors (Lipinski definition) is 2. The summed E-state index contributed by atoms with van der Waals surface area (Å²) < 4.78 is 6.12. The second kappa shape index (κ2) is 6.93. The topological polar surface area (TPSA) is 21.3 Å². The lowest BCUT2D eigenvalue weighted by Gasteiger charge is -2.45. The van der Waals surface area contributed by atoms with Gasteiger partial charge >= 0.3 is 0 Å². The summed E-state index contributed by atoms with van der Waals surface area (Å²) in [5, 5.41) is 3.71. The van der Waals surface area contributed by atoms with Gasteiger partial charge in [-0.05, 0) is 63.1 Å². The van der Waals surface area contributed by atoms with Crippen LogP contribution >= 0.6 is 0 Å². The zero-order valence-corrected chi connectivity index (χ0v) is 14.3. The zero-order valence-electron chi connectivity index (χ0n) is 14.3. The molecule has 1 atom stereocenters. The van der Waals surface area contributed by atoms with Gasteiger partial charge < -0.3 is 10.1 Å². The van der Waals surface area contributed by atoms with Gasteiger partial charge in [0.25, 0.3) is 0 Å². The number of nitrogens with one attached hydrogen (secondary N) is 1. The van der Waals surface area contributed by atoms with Gasteiger partial charge in [0.2, 0.25) is 0 Å². The molecule has 1 fully saturated rings. The second-order valence-corrected chi connectivity index (χ2v) is 6.80. The Morgan fingerprint density at radius 2 is 1.95 bits per heavy atom. The van der Waals surface area contributed by atoms with E-state index >= 15 is 0 Å². The van der Waals surface area contributed by atoms with Crippen molar-refractivity contribution in [2.24, 2.45) is 5.92 Å². The van der Waals surface area contributed by atoms with Crippen LogP contribution in [0.15, 0.2) is 18.2 Å². The molecule has 2 rings (SSSR count). The average Bonchev–Trinajstić information content (AvgIpc) is 2.47. The number of methoxy groups -OCH3 is 1. The fraction of sp³-hybridized carbons (Fsp3) is 0.684. The third-order valence-electron chi connectivity index (χ3n) is 5.20. The van der Waals surface area contributed by atoms with Crippen molar-refractivity contribution in [1.82, 2.24) is 5.32 Å². The van der Waals surface area contributed by atoms with Crippen LogP contribution in [0, 0.1) is 19.8 Å². The van der Waals surface area contributed by atoms with Crippen LogP contribution in [0.1, 0.15) is 62.3 Å². The smallest absolute Gasteiger partial charge is 0.0872 e. The van der Waals surface area contributed by atoms with E-state index in [1.807, 2.05) is 7.11 Å². The molecule has 21 heavy (non-hydrogen) atoms. The standard InChI is InChI=1S/C19H31NO/c1-6-20-18(17-8-7-15(3)13-16(17)4)19(21-5)11-9-14(2)10-12-19/h7-8,13-14,18,20H,6,9-12H2,1-5H3. The quantitative estimate of drug-likeness (QED) is 0.858. The van der Waals surface area contributed by atoms with E-state index < -0.39 is 0 Å². The molecule has 1 N–H and O–H groups in total.